The third kappa shape index (κ3) is 3.37. The van der Waals surface area contributed by atoms with Crippen molar-refractivity contribution in [1.82, 2.24) is 19.9 Å². The number of aryl methyl sites for hydroxylation is 1. The summed E-state index contributed by atoms with van der Waals surface area (Å²) < 4.78 is 5.08. The summed E-state index contributed by atoms with van der Waals surface area (Å²) in [6.07, 6.45) is 2.48. The van der Waals surface area contributed by atoms with E-state index >= 15 is 0 Å². The van der Waals surface area contributed by atoms with Crippen molar-refractivity contribution in [3.05, 3.63) is 24.2 Å². The molecule has 0 fully saturated rings. The van der Waals surface area contributed by atoms with Crippen molar-refractivity contribution >= 4 is 5.82 Å². The monoisotopic (exact) mass is 259 g/mol. The van der Waals surface area contributed by atoms with Crippen molar-refractivity contribution in [2.75, 3.05) is 19.0 Å². The lowest BCUT2D eigenvalue weighted by Gasteiger charge is -2.07. The molecule has 0 saturated heterocycles. The first-order chi connectivity index (χ1) is 9.22. The Morgan fingerprint density at radius 1 is 1.21 bits per heavy atom. The molecule has 0 unspecified atom stereocenters. The van der Waals surface area contributed by atoms with Crippen molar-refractivity contribution in [3.63, 3.8) is 0 Å². The van der Waals surface area contributed by atoms with Gasteiger partial charge in [-0.3, -0.25) is 0 Å². The first-order valence-corrected chi connectivity index (χ1v) is 6.19. The van der Waals surface area contributed by atoms with E-state index in [4.69, 9.17) is 4.74 Å². The Labute approximate surface area is 112 Å². The summed E-state index contributed by atoms with van der Waals surface area (Å²) in [4.78, 5) is 17.0. The fraction of sp³-hybridized carbons (Fsp3) is 0.385. The molecule has 0 aliphatic heterocycles. The van der Waals surface area contributed by atoms with Crippen LogP contribution in [0.3, 0.4) is 0 Å². The van der Waals surface area contributed by atoms with Gasteiger partial charge in [-0.1, -0.05) is 6.92 Å². The van der Waals surface area contributed by atoms with Crippen LogP contribution in [0.15, 0.2) is 18.5 Å². The maximum atomic E-state index is 5.08. The molecule has 100 valence electrons. The van der Waals surface area contributed by atoms with E-state index < -0.39 is 0 Å². The van der Waals surface area contributed by atoms with Gasteiger partial charge in [0, 0.05) is 24.4 Å². The minimum absolute atomic E-state index is 0.498. The number of methoxy groups -OCH3 is 1. The zero-order valence-corrected chi connectivity index (χ0v) is 11.3. The lowest BCUT2D eigenvalue weighted by atomic mass is 10.3. The quantitative estimate of drug-likeness (QED) is 0.886. The molecule has 2 heterocycles. The molecule has 2 aromatic rings. The van der Waals surface area contributed by atoms with Gasteiger partial charge in [-0.05, 0) is 13.3 Å². The fourth-order valence-electron chi connectivity index (χ4n) is 1.60. The maximum absolute atomic E-state index is 5.08. The number of nitrogens with zero attached hydrogens (tertiary/aromatic N) is 4. The van der Waals surface area contributed by atoms with E-state index in [1.807, 2.05) is 13.0 Å². The Kier molecular flexibility index (Phi) is 4.22. The van der Waals surface area contributed by atoms with Crippen LogP contribution in [0.25, 0.3) is 11.5 Å². The predicted molar refractivity (Wildman–Crippen MR) is 73.1 cm³/mol. The number of hydrogen-bond donors (Lipinski definition) is 1. The summed E-state index contributed by atoms with van der Waals surface area (Å²) >= 11 is 0. The molecule has 0 aliphatic carbocycles. The number of ether oxygens (including phenoxy) is 1. The van der Waals surface area contributed by atoms with Gasteiger partial charge in [-0.2, -0.15) is 0 Å². The molecule has 6 nitrogen and oxygen atoms in total. The Hall–Kier alpha value is -2.24. The van der Waals surface area contributed by atoms with Gasteiger partial charge in [0.25, 0.3) is 0 Å². The van der Waals surface area contributed by atoms with E-state index in [-0.39, 0.29) is 0 Å². The lowest BCUT2D eigenvalue weighted by Crippen LogP contribution is -2.05. The predicted octanol–water partition coefficient (Wildman–Crippen LogP) is 2.07. The molecule has 0 saturated carbocycles. The Morgan fingerprint density at radius 3 is 2.79 bits per heavy atom. The van der Waals surface area contributed by atoms with Crippen molar-refractivity contribution < 1.29 is 4.74 Å². The normalized spacial score (nSPS) is 10.3. The van der Waals surface area contributed by atoms with Crippen molar-refractivity contribution in [3.8, 4) is 17.4 Å². The van der Waals surface area contributed by atoms with E-state index in [2.05, 4.69) is 32.2 Å². The summed E-state index contributed by atoms with van der Waals surface area (Å²) in [5.74, 6) is 1.87. The SMILES string of the molecule is CCCNc1cc(C)nc(-c2cc(OC)ncn2)n1. The molecular weight excluding hydrogens is 242 g/mol. The molecule has 6 heteroatoms. The standard InChI is InChI=1S/C13H17N5O/c1-4-5-14-11-6-9(2)17-13(18-11)10-7-12(19-3)16-8-15-10/h6-8H,4-5H2,1-3H3,(H,14,17,18). The third-order valence-electron chi connectivity index (χ3n) is 2.49. The summed E-state index contributed by atoms with van der Waals surface area (Å²) in [7, 11) is 1.57. The van der Waals surface area contributed by atoms with Crippen molar-refractivity contribution in [2.24, 2.45) is 0 Å². The average Bonchev–Trinajstić information content (AvgIpc) is 2.44. The second kappa shape index (κ2) is 6.08. The van der Waals surface area contributed by atoms with Gasteiger partial charge < -0.3 is 10.1 Å². The van der Waals surface area contributed by atoms with E-state index in [1.54, 1.807) is 13.2 Å². The second-order valence-electron chi connectivity index (χ2n) is 4.09. The molecule has 1 N–H and O–H groups in total. The van der Waals surface area contributed by atoms with Gasteiger partial charge >= 0.3 is 0 Å². The Bertz CT molecular complexity index is 558. The van der Waals surface area contributed by atoms with Crippen LogP contribution < -0.4 is 10.1 Å². The van der Waals surface area contributed by atoms with Gasteiger partial charge in [-0.25, -0.2) is 19.9 Å². The minimum atomic E-state index is 0.498. The molecular formula is C13H17N5O. The number of aromatic nitrogens is 4. The van der Waals surface area contributed by atoms with Gasteiger partial charge in [0.1, 0.15) is 17.8 Å². The van der Waals surface area contributed by atoms with E-state index in [0.717, 1.165) is 24.5 Å². The average molecular weight is 259 g/mol. The van der Waals surface area contributed by atoms with Crippen LogP contribution in [0.4, 0.5) is 5.82 Å². The largest absolute Gasteiger partial charge is 0.481 e. The highest BCUT2D eigenvalue weighted by atomic mass is 16.5. The summed E-state index contributed by atoms with van der Waals surface area (Å²) in [5, 5.41) is 3.25. The molecule has 0 radical (unpaired) electrons. The van der Waals surface area contributed by atoms with Crippen LogP contribution in [0.2, 0.25) is 0 Å². The molecule has 2 rings (SSSR count). The third-order valence-corrected chi connectivity index (χ3v) is 2.49. The van der Waals surface area contributed by atoms with Gasteiger partial charge in [-0.15, -0.1) is 0 Å². The van der Waals surface area contributed by atoms with Crippen LogP contribution in [0.1, 0.15) is 19.0 Å². The highest BCUT2D eigenvalue weighted by molar-refractivity contribution is 5.53. The zero-order valence-electron chi connectivity index (χ0n) is 11.3. The van der Waals surface area contributed by atoms with E-state index in [1.165, 1.54) is 6.33 Å². The molecule has 0 aliphatic rings. The number of rotatable bonds is 5. The van der Waals surface area contributed by atoms with Crippen LogP contribution in [0.5, 0.6) is 5.88 Å². The van der Waals surface area contributed by atoms with Crippen molar-refractivity contribution in [1.29, 1.82) is 0 Å². The van der Waals surface area contributed by atoms with Crippen LogP contribution in [-0.2, 0) is 0 Å². The molecule has 0 bridgehead atoms. The van der Waals surface area contributed by atoms with Gasteiger partial charge in [0.05, 0.1) is 7.11 Å². The number of nitrogens with one attached hydrogen (secondary N) is 1. The number of anilines is 1. The Morgan fingerprint density at radius 2 is 2.05 bits per heavy atom. The van der Waals surface area contributed by atoms with Crippen LogP contribution >= 0.6 is 0 Å². The highest BCUT2D eigenvalue weighted by Crippen LogP contribution is 2.18. The molecule has 0 aromatic carbocycles. The molecule has 19 heavy (non-hydrogen) atoms. The van der Waals surface area contributed by atoms with Gasteiger partial charge in [0.15, 0.2) is 5.82 Å². The summed E-state index contributed by atoms with van der Waals surface area (Å²) in [6.45, 7) is 4.92. The smallest absolute Gasteiger partial charge is 0.216 e. The minimum Gasteiger partial charge on any atom is -0.481 e. The maximum Gasteiger partial charge on any atom is 0.216 e. The van der Waals surface area contributed by atoms with E-state index in [0.29, 0.717) is 17.4 Å². The fourth-order valence-corrected chi connectivity index (χ4v) is 1.60. The van der Waals surface area contributed by atoms with E-state index in [9.17, 15) is 0 Å². The van der Waals surface area contributed by atoms with Crippen LogP contribution in [0, 0.1) is 6.92 Å². The Balaban J connectivity index is 2.34. The zero-order chi connectivity index (χ0) is 13.7. The van der Waals surface area contributed by atoms with Gasteiger partial charge in [0.2, 0.25) is 5.88 Å². The first kappa shape index (κ1) is 13.2. The number of hydrogen-bond acceptors (Lipinski definition) is 6. The van der Waals surface area contributed by atoms with Crippen LogP contribution in [-0.4, -0.2) is 33.6 Å². The molecule has 2 aromatic heterocycles. The van der Waals surface area contributed by atoms with Crippen molar-refractivity contribution in [2.45, 2.75) is 20.3 Å². The first-order valence-electron chi connectivity index (χ1n) is 6.19. The summed E-state index contributed by atoms with van der Waals surface area (Å²) in [6, 6.07) is 3.63. The lowest BCUT2D eigenvalue weighted by molar-refractivity contribution is 0.397. The summed E-state index contributed by atoms with van der Waals surface area (Å²) in [5.41, 5.74) is 1.54. The molecule has 0 atom stereocenters. The second-order valence-corrected chi connectivity index (χ2v) is 4.09. The molecule has 0 spiro atoms. The molecule has 0 amide bonds. The topological polar surface area (TPSA) is 72.8 Å². The highest BCUT2D eigenvalue weighted by Gasteiger charge is 2.07.